The molecule has 0 heterocycles. The minimum absolute atomic E-state index is 0.552. The molecule has 0 amide bonds. The lowest BCUT2D eigenvalue weighted by Crippen LogP contribution is -2.05. The first kappa shape index (κ1) is 14.9. The predicted molar refractivity (Wildman–Crippen MR) is 86.7 cm³/mol. The van der Waals surface area contributed by atoms with Gasteiger partial charge >= 0.3 is 0 Å². The molecule has 2 rings (SSSR count). The first-order valence-electron chi connectivity index (χ1n) is 7.22. The highest BCUT2D eigenvalue weighted by Crippen LogP contribution is 2.15. The smallest absolute Gasteiger partial charge is 0.118 e. The Balaban J connectivity index is 2.36. The van der Waals surface area contributed by atoms with Crippen molar-refractivity contribution in [1.82, 2.24) is 0 Å². The van der Waals surface area contributed by atoms with E-state index in [1.807, 2.05) is 54.6 Å². The van der Waals surface area contributed by atoms with Gasteiger partial charge < -0.3 is 5.21 Å². The Morgan fingerprint density at radius 2 is 1.76 bits per heavy atom. The molecule has 0 spiro atoms. The zero-order valence-electron chi connectivity index (χ0n) is 12.2. The highest BCUT2D eigenvalue weighted by Gasteiger charge is 2.10. The van der Waals surface area contributed by atoms with E-state index in [4.69, 9.17) is 0 Å². The molecule has 0 aromatic heterocycles. The highest BCUT2D eigenvalue weighted by molar-refractivity contribution is 6.13. The van der Waals surface area contributed by atoms with Crippen molar-refractivity contribution in [3.05, 3.63) is 71.3 Å². The Morgan fingerprint density at radius 1 is 1.05 bits per heavy atom. The molecule has 0 atom stereocenters. The van der Waals surface area contributed by atoms with E-state index in [1.165, 1.54) is 0 Å². The summed E-state index contributed by atoms with van der Waals surface area (Å²) in [5.41, 5.74) is 3.18. The van der Waals surface area contributed by atoms with Gasteiger partial charge in [-0.3, -0.25) is 0 Å². The van der Waals surface area contributed by atoms with Crippen molar-refractivity contribution in [3.8, 4) is 11.8 Å². The van der Waals surface area contributed by atoms with Crippen LogP contribution in [0.1, 0.15) is 42.9 Å². The second-order valence-corrected chi connectivity index (χ2v) is 4.77. The largest absolute Gasteiger partial charge is 0.410 e. The fourth-order valence-corrected chi connectivity index (χ4v) is 2.08. The molecule has 0 aliphatic carbocycles. The van der Waals surface area contributed by atoms with Crippen LogP contribution < -0.4 is 0 Å². The van der Waals surface area contributed by atoms with Crippen molar-refractivity contribution in [2.45, 2.75) is 26.2 Å². The SMILES string of the molecule is CCCCC#Cc1ccccc1/C(=N\O)c1ccccc1. The lowest BCUT2D eigenvalue weighted by molar-refractivity contribution is 0.319. The van der Waals surface area contributed by atoms with Crippen LogP contribution in [0.5, 0.6) is 0 Å². The van der Waals surface area contributed by atoms with Gasteiger partial charge in [0, 0.05) is 23.1 Å². The number of unbranched alkanes of at least 4 members (excludes halogenated alkanes) is 2. The molecule has 21 heavy (non-hydrogen) atoms. The van der Waals surface area contributed by atoms with E-state index >= 15 is 0 Å². The maximum absolute atomic E-state index is 9.41. The Labute approximate surface area is 126 Å². The van der Waals surface area contributed by atoms with Crippen molar-refractivity contribution in [3.63, 3.8) is 0 Å². The standard InChI is InChI=1S/C19H19NO/c1-2-3-4-6-11-16-12-9-10-15-18(16)19(20-21)17-13-7-5-8-14-17/h5,7-10,12-15,21H,2-4H2,1H3/b20-19-. The lowest BCUT2D eigenvalue weighted by atomic mass is 9.98. The van der Waals surface area contributed by atoms with Crippen LogP contribution in [-0.2, 0) is 0 Å². The van der Waals surface area contributed by atoms with E-state index in [2.05, 4.69) is 23.9 Å². The molecule has 0 saturated carbocycles. The van der Waals surface area contributed by atoms with Gasteiger partial charge in [0.1, 0.15) is 5.71 Å². The number of nitrogens with zero attached hydrogens (tertiary/aromatic N) is 1. The Kier molecular flexibility index (Phi) is 5.60. The van der Waals surface area contributed by atoms with Gasteiger partial charge in [0.15, 0.2) is 0 Å². The van der Waals surface area contributed by atoms with E-state index in [9.17, 15) is 5.21 Å². The van der Waals surface area contributed by atoms with Crippen LogP contribution in [0.15, 0.2) is 59.8 Å². The molecule has 2 aromatic rings. The summed E-state index contributed by atoms with van der Waals surface area (Å²) in [6, 6.07) is 17.4. The molecule has 0 saturated heterocycles. The third kappa shape index (κ3) is 3.97. The van der Waals surface area contributed by atoms with Crippen molar-refractivity contribution >= 4 is 5.71 Å². The number of rotatable bonds is 4. The zero-order chi connectivity index (χ0) is 14.9. The van der Waals surface area contributed by atoms with Gasteiger partial charge in [0.05, 0.1) is 0 Å². The Bertz CT molecular complexity index is 663. The quantitative estimate of drug-likeness (QED) is 0.289. The summed E-state index contributed by atoms with van der Waals surface area (Å²) in [5, 5.41) is 12.9. The monoisotopic (exact) mass is 277 g/mol. The first-order chi connectivity index (χ1) is 10.4. The van der Waals surface area contributed by atoms with Gasteiger partial charge in [-0.25, -0.2) is 0 Å². The lowest BCUT2D eigenvalue weighted by Gasteiger charge is -2.07. The van der Waals surface area contributed by atoms with Gasteiger partial charge in [-0.05, 0) is 12.5 Å². The number of hydrogen-bond donors (Lipinski definition) is 1. The molecule has 0 bridgehead atoms. The predicted octanol–water partition coefficient (Wildman–Crippen LogP) is 4.45. The van der Waals surface area contributed by atoms with Gasteiger partial charge in [-0.2, -0.15) is 0 Å². The molecule has 0 radical (unpaired) electrons. The average Bonchev–Trinajstić information content (AvgIpc) is 2.55. The van der Waals surface area contributed by atoms with Gasteiger partial charge in [-0.1, -0.05) is 78.9 Å². The fraction of sp³-hybridized carbons (Fsp3) is 0.211. The second-order valence-electron chi connectivity index (χ2n) is 4.77. The van der Waals surface area contributed by atoms with Crippen molar-refractivity contribution in [2.24, 2.45) is 5.16 Å². The molecular weight excluding hydrogens is 258 g/mol. The third-order valence-electron chi connectivity index (χ3n) is 3.21. The van der Waals surface area contributed by atoms with Crippen LogP contribution in [0.4, 0.5) is 0 Å². The van der Waals surface area contributed by atoms with Crippen LogP contribution in [0.25, 0.3) is 0 Å². The van der Waals surface area contributed by atoms with Crippen molar-refractivity contribution < 1.29 is 5.21 Å². The van der Waals surface area contributed by atoms with Crippen LogP contribution in [0, 0.1) is 11.8 Å². The molecule has 0 aliphatic rings. The summed E-state index contributed by atoms with van der Waals surface area (Å²) in [6.07, 6.45) is 3.14. The first-order valence-corrected chi connectivity index (χ1v) is 7.22. The molecule has 0 unspecified atom stereocenters. The number of oxime groups is 1. The summed E-state index contributed by atoms with van der Waals surface area (Å²) in [4.78, 5) is 0. The van der Waals surface area contributed by atoms with Crippen LogP contribution in [0.2, 0.25) is 0 Å². The molecule has 2 aromatic carbocycles. The summed E-state index contributed by atoms with van der Waals surface area (Å²) in [5.74, 6) is 6.38. The Morgan fingerprint density at radius 3 is 2.48 bits per heavy atom. The minimum Gasteiger partial charge on any atom is -0.410 e. The molecule has 2 heteroatoms. The molecule has 106 valence electrons. The highest BCUT2D eigenvalue weighted by atomic mass is 16.4. The molecule has 0 fully saturated rings. The zero-order valence-corrected chi connectivity index (χ0v) is 12.2. The van der Waals surface area contributed by atoms with E-state index in [1.54, 1.807) is 0 Å². The summed E-state index contributed by atoms with van der Waals surface area (Å²) >= 11 is 0. The van der Waals surface area contributed by atoms with Crippen LogP contribution in [-0.4, -0.2) is 10.9 Å². The van der Waals surface area contributed by atoms with Crippen molar-refractivity contribution in [1.29, 1.82) is 0 Å². The summed E-state index contributed by atoms with van der Waals surface area (Å²) in [7, 11) is 0. The third-order valence-corrected chi connectivity index (χ3v) is 3.21. The van der Waals surface area contributed by atoms with E-state index in [-0.39, 0.29) is 0 Å². The Hall–Kier alpha value is -2.53. The second kappa shape index (κ2) is 7.91. The van der Waals surface area contributed by atoms with E-state index < -0.39 is 0 Å². The summed E-state index contributed by atoms with van der Waals surface area (Å²) < 4.78 is 0. The normalized spacial score (nSPS) is 10.8. The average molecular weight is 277 g/mol. The van der Waals surface area contributed by atoms with Gasteiger partial charge in [0.2, 0.25) is 0 Å². The van der Waals surface area contributed by atoms with Crippen LogP contribution in [0.3, 0.4) is 0 Å². The molecule has 2 nitrogen and oxygen atoms in total. The maximum Gasteiger partial charge on any atom is 0.118 e. The van der Waals surface area contributed by atoms with E-state index in [0.717, 1.165) is 36.0 Å². The summed E-state index contributed by atoms with van der Waals surface area (Å²) in [6.45, 7) is 2.15. The maximum atomic E-state index is 9.41. The van der Waals surface area contributed by atoms with E-state index in [0.29, 0.717) is 5.71 Å². The number of hydrogen-bond acceptors (Lipinski definition) is 2. The molecule has 0 aliphatic heterocycles. The number of benzene rings is 2. The topological polar surface area (TPSA) is 32.6 Å². The molecular formula is C19H19NO. The van der Waals surface area contributed by atoms with Gasteiger partial charge in [-0.15, -0.1) is 0 Å². The van der Waals surface area contributed by atoms with Crippen LogP contribution >= 0.6 is 0 Å². The fourth-order valence-electron chi connectivity index (χ4n) is 2.08. The minimum atomic E-state index is 0.552. The van der Waals surface area contributed by atoms with Crippen molar-refractivity contribution in [2.75, 3.05) is 0 Å². The molecule has 1 N–H and O–H groups in total. The van der Waals surface area contributed by atoms with Gasteiger partial charge in [0.25, 0.3) is 0 Å².